The van der Waals surface area contributed by atoms with Gasteiger partial charge in [-0.1, -0.05) is 55.4 Å². The number of aromatic nitrogens is 4. The second-order valence-corrected chi connectivity index (χ2v) is 16.1. The lowest BCUT2D eigenvalue weighted by molar-refractivity contribution is -0.140. The molecular formula is C46H50N10O4S. The molecular weight excluding hydrogens is 789 g/mol. The molecule has 2 atom stereocenters. The Morgan fingerprint density at radius 3 is 2.67 bits per heavy atom. The molecule has 7 rings (SSSR count). The number of phenols is 1. The molecule has 3 aromatic carbocycles. The number of aromatic hydroxyl groups is 1. The lowest BCUT2D eigenvalue weighted by Crippen LogP contribution is -2.47. The Morgan fingerprint density at radius 1 is 1.08 bits per heavy atom. The summed E-state index contributed by atoms with van der Waals surface area (Å²) in [6.45, 7) is 11.0. The lowest BCUT2D eigenvalue weighted by atomic mass is 9.91. The molecule has 0 spiro atoms. The topological polar surface area (TPSA) is 174 Å². The van der Waals surface area contributed by atoms with Crippen molar-refractivity contribution >= 4 is 58.2 Å². The maximum absolute atomic E-state index is 14.2. The number of fused-ring (bicyclic) bond motifs is 1. The van der Waals surface area contributed by atoms with E-state index in [2.05, 4.69) is 53.6 Å². The molecule has 1 aliphatic rings. The summed E-state index contributed by atoms with van der Waals surface area (Å²) in [5, 5.41) is 30.7. The Morgan fingerprint density at radius 2 is 1.92 bits per heavy atom. The number of phenolic OH excluding ortho intramolecular Hbond substituents is 1. The smallest absolute Gasteiger partial charge is 0.243 e. The van der Waals surface area contributed by atoms with Crippen LogP contribution in [-0.2, 0) is 16.1 Å². The van der Waals surface area contributed by atoms with Gasteiger partial charge >= 0.3 is 0 Å². The van der Waals surface area contributed by atoms with E-state index in [-0.39, 0.29) is 23.5 Å². The molecule has 0 saturated carbocycles. The van der Waals surface area contributed by atoms with Gasteiger partial charge in [-0.25, -0.2) is 0 Å². The number of allylic oxidation sites excluding steroid dienone is 1. The first-order valence-electron chi connectivity index (χ1n) is 20.4. The largest absolute Gasteiger partial charge is 0.507 e. The van der Waals surface area contributed by atoms with Crippen molar-refractivity contribution in [3.8, 4) is 27.4 Å². The number of hydrogen-bond acceptors (Lipinski definition) is 13. The molecule has 0 radical (unpaired) electrons. The Labute approximate surface area is 359 Å². The highest BCUT2D eigenvalue weighted by molar-refractivity contribution is 7.13. The third-order valence-electron chi connectivity index (χ3n) is 10.7. The molecule has 6 aromatic rings. The minimum atomic E-state index is -0.646. The summed E-state index contributed by atoms with van der Waals surface area (Å²) < 4.78 is 5.85. The zero-order chi connectivity index (χ0) is 42.7. The third kappa shape index (κ3) is 10.2. The molecule has 1 aliphatic heterocycles. The number of hydrogen-bond donors (Lipinski definition) is 3. The zero-order valence-electron chi connectivity index (χ0n) is 34.6. The van der Waals surface area contributed by atoms with Crippen LogP contribution in [0.3, 0.4) is 0 Å². The first-order chi connectivity index (χ1) is 29.7. The van der Waals surface area contributed by atoms with E-state index in [4.69, 9.17) is 9.52 Å². The summed E-state index contributed by atoms with van der Waals surface area (Å²) in [4.78, 5) is 45.6. The highest BCUT2D eigenvalue weighted by Gasteiger charge is 2.40. The number of para-hydroxylation sites is 1. The summed E-state index contributed by atoms with van der Waals surface area (Å²) in [6.07, 6.45) is 6.42. The molecule has 3 aromatic heterocycles. The van der Waals surface area contributed by atoms with Crippen LogP contribution in [0, 0.1) is 5.92 Å². The molecule has 2 amide bonds. The summed E-state index contributed by atoms with van der Waals surface area (Å²) in [5.41, 5.74) is 7.88. The van der Waals surface area contributed by atoms with Gasteiger partial charge in [0, 0.05) is 79.6 Å². The van der Waals surface area contributed by atoms with E-state index in [0.29, 0.717) is 60.9 Å². The number of aliphatic imine (C=N–C) groups is 2. The van der Waals surface area contributed by atoms with E-state index in [1.165, 1.54) is 0 Å². The average Bonchev–Trinajstić information content (AvgIpc) is 4.09. The van der Waals surface area contributed by atoms with Crippen LogP contribution in [0.1, 0.15) is 49.6 Å². The van der Waals surface area contributed by atoms with Gasteiger partial charge in [-0.2, -0.15) is 0 Å². The number of benzene rings is 3. The maximum atomic E-state index is 14.2. The molecule has 314 valence electrons. The number of likely N-dealkylation sites (N-methyl/N-ethyl adjacent to an activating group) is 1. The number of likely N-dealkylation sites (tertiary alicyclic amines) is 1. The van der Waals surface area contributed by atoms with Crippen molar-refractivity contribution < 1.29 is 19.2 Å². The fraction of sp³-hybridized carbons (Fsp3) is 0.304. The molecule has 14 nitrogen and oxygen atoms in total. The van der Waals surface area contributed by atoms with E-state index in [9.17, 15) is 14.7 Å². The first kappa shape index (κ1) is 42.5. The van der Waals surface area contributed by atoms with Gasteiger partial charge in [0.05, 0.1) is 28.1 Å². The van der Waals surface area contributed by atoms with E-state index in [0.717, 1.165) is 52.1 Å². The van der Waals surface area contributed by atoms with Gasteiger partial charge in [-0.15, -0.1) is 21.5 Å². The molecule has 1 fully saturated rings. The summed E-state index contributed by atoms with van der Waals surface area (Å²) in [6, 6.07) is 24.3. The van der Waals surface area contributed by atoms with Crippen LogP contribution in [0.2, 0.25) is 0 Å². The Hall–Kier alpha value is -6.58. The predicted octanol–water partition coefficient (Wildman–Crippen LogP) is 7.00. The standard InChI is InChI=1S/C46H50N10O4S/c1-30(2)44(46(59)56-19-7-9-40(56)45(58)51-25-31-11-13-32(14-12-31)43-28-50-29-61-43)42-24-38(54-60-42)34(26-48-4)27-49-18-21-55(20-17-47-3)35-15-16-37-33(22-35)23-39(53-52-37)36-8-5-6-10-41(36)57/h5-6,8,10-16,22-24,26-30,40,44,47,57H,4,7,9,17-21,25H2,1-3H3,(H,51,58)/b34-26+,49-27?. The quantitative estimate of drug-likeness (QED) is 0.0765. The van der Waals surface area contributed by atoms with Crippen LogP contribution in [0.25, 0.3) is 38.2 Å². The van der Waals surface area contributed by atoms with E-state index in [1.807, 2.05) is 81.7 Å². The van der Waals surface area contributed by atoms with Crippen LogP contribution in [0.5, 0.6) is 5.75 Å². The number of carbonyl (C=O) groups is 2. The lowest BCUT2D eigenvalue weighted by Gasteiger charge is -2.29. The number of rotatable bonds is 18. The number of nitrogens with zero attached hydrogens (tertiary/aromatic N) is 8. The van der Waals surface area contributed by atoms with Gasteiger partial charge in [0.2, 0.25) is 11.8 Å². The Bertz CT molecular complexity index is 2500. The number of amides is 2. The third-order valence-corrected chi connectivity index (χ3v) is 11.6. The molecule has 1 saturated heterocycles. The van der Waals surface area contributed by atoms with Crippen LogP contribution < -0.4 is 15.5 Å². The van der Waals surface area contributed by atoms with Gasteiger partial charge < -0.3 is 30.1 Å². The van der Waals surface area contributed by atoms with Crippen molar-refractivity contribution in [3.05, 3.63) is 114 Å². The second-order valence-electron chi connectivity index (χ2n) is 15.2. The van der Waals surface area contributed by atoms with Gasteiger partial charge in [0.1, 0.15) is 29.2 Å². The number of carbonyl (C=O) groups excluding carboxylic acids is 2. The fourth-order valence-electron chi connectivity index (χ4n) is 7.51. The minimum Gasteiger partial charge on any atom is -0.507 e. The van der Waals surface area contributed by atoms with Gasteiger partial charge in [0.25, 0.3) is 0 Å². The first-order valence-corrected chi connectivity index (χ1v) is 21.3. The average molecular weight is 839 g/mol. The van der Waals surface area contributed by atoms with Gasteiger partial charge in [0.15, 0.2) is 0 Å². The molecule has 15 heteroatoms. The Balaban J connectivity index is 0.997. The van der Waals surface area contributed by atoms with Crippen molar-refractivity contribution in [1.82, 2.24) is 35.9 Å². The van der Waals surface area contributed by atoms with Gasteiger partial charge in [-0.05, 0) is 80.0 Å². The van der Waals surface area contributed by atoms with Gasteiger partial charge in [-0.3, -0.25) is 24.6 Å². The Kier molecular flexibility index (Phi) is 14.0. The molecule has 2 unspecified atom stereocenters. The van der Waals surface area contributed by atoms with Crippen molar-refractivity contribution in [2.45, 2.75) is 45.2 Å². The zero-order valence-corrected chi connectivity index (χ0v) is 35.4. The van der Waals surface area contributed by atoms with E-state index < -0.39 is 12.0 Å². The second kappa shape index (κ2) is 20.1. The molecule has 3 N–H and O–H groups in total. The van der Waals surface area contributed by atoms with Crippen LogP contribution in [0.15, 0.2) is 111 Å². The van der Waals surface area contributed by atoms with Crippen LogP contribution >= 0.6 is 11.3 Å². The number of thiazole rings is 1. The van der Waals surface area contributed by atoms with E-state index in [1.54, 1.807) is 52.4 Å². The highest BCUT2D eigenvalue weighted by atomic mass is 32.1. The minimum absolute atomic E-state index is 0.129. The fourth-order valence-corrected chi connectivity index (χ4v) is 8.14. The maximum Gasteiger partial charge on any atom is 0.243 e. The summed E-state index contributed by atoms with van der Waals surface area (Å²) in [5.74, 6) is -0.551. The molecule has 0 aliphatic carbocycles. The predicted molar refractivity (Wildman–Crippen MR) is 242 cm³/mol. The number of nitrogens with one attached hydrogen (secondary N) is 2. The van der Waals surface area contributed by atoms with Crippen LogP contribution in [-0.4, -0.2) is 101 Å². The SMILES string of the molecule is C=N/C=C(\C=NCCN(CCNC)c1ccc2nnc(-c3ccccc3O)cc2c1)c1cc(C(C(=O)N2CCCC2C(=O)NCc2ccc(-c3cncs3)cc2)C(C)C)on1. The summed E-state index contributed by atoms with van der Waals surface area (Å²) in [7, 11) is 1.92. The molecule has 4 heterocycles. The number of anilines is 1. The van der Waals surface area contributed by atoms with Crippen molar-refractivity contribution in [2.75, 3.05) is 44.7 Å². The van der Waals surface area contributed by atoms with Crippen molar-refractivity contribution in [1.29, 1.82) is 0 Å². The van der Waals surface area contributed by atoms with Crippen LogP contribution in [0.4, 0.5) is 5.69 Å². The normalized spacial score (nSPS) is 14.9. The highest BCUT2D eigenvalue weighted by Crippen LogP contribution is 2.33. The monoisotopic (exact) mass is 838 g/mol. The summed E-state index contributed by atoms with van der Waals surface area (Å²) >= 11 is 1.58. The van der Waals surface area contributed by atoms with Crippen molar-refractivity contribution in [2.24, 2.45) is 15.9 Å². The van der Waals surface area contributed by atoms with E-state index >= 15 is 0 Å². The molecule has 0 bridgehead atoms. The van der Waals surface area contributed by atoms with Crippen molar-refractivity contribution in [3.63, 3.8) is 0 Å². The molecule has 61 heavy (non-hydrogen) atoms.